The molecule has 3 heteroatoms. The number of pyridine rings is 1. The normalized spacial score (nSPS) is 13.2. The Morgan fingerprint density at radius 2 is 1.82 bits per heavy atom. The van der Waals surface area contributed by atoms with E-state index in [4.69, 9.17) is 0 Å². The predicted octanol–water partition coefficient (Wildman–Crippen LogP) is 5.84. The largest absolute Gasteiger partial charge is 0.256 e. The topological polar surface area (TPSA) is 12.9 Å². The molecule has 0 fully saturated rings. The van der Waals surface area contributed by atoms with Crippen LogP contribution in [-0.4, -0.2) is 4.98 Å². The van der Waals surface area contributed by atoms with E-state index in [1.165, 1.54) is 6.07 Å². The van der Waals surface area contributed by atoms with E-state index in [1.54, 1.807) is 6.20 Å². The van der Waals surface area contributed by atoms with Crippen molar-refractivity contribution in [2.24, 2.45) is 0 Å². The fourth-order valence-corrected chi connectivity index (χ4v) is 2.51. The average Bonchev–Trinajstić information content (AvgIpc) is 2.44. The van der Waals surface area contributed by atoms with Crippen LogP contribution in [0.1, 0.15) is 58.1 Å². The Balaban J connectivity index is 2.67. The van der Waals surface area contributed by atoms with E-state index in [1.807, 2.05) is 26.0 Å². The lowest BCUT2D eigenvalue weighted by Gasteiger charge is -2.21. The average molecular weight is 303 g/mol. The molecule has 118 valence electrons. The Hall–Kier alpha value is -1.77. The SMILES string of the molecule is CC[C@H](C)c1cc(F)cc(F)c1-c1cc(C(C)(C)C)ccn1. The van der Waals surface area contributed by atoms with Crippen molar-refractivity contribution in [3.63, 3.8) is 0 Å². The first-order valence-corrected chi connectivity index (χ1v) is 7.70. The van der Waals surface area contributed by atoms with E-state index < -0.39 is 11.6 Å². The monoisotopic (exact) mass is 303 g/mol. The van der Waals surface area contributed by atoms with Crippen molar-refractivity contribution in [2.75, 3.05) is 0 Å². The third kappa shape index (κ3) is 3.34. The van der Waals surface area contributed by atoms with Gasteiger partial charge in [0.15, 0.2) is 0 Å². The lowest BCUT2D eigenvalue weighted by Crippen LogP contribution is -2.11. The van der Waals surface area contributed by atoms with Crippen LogP contribution in [0.2, 0.25) is 0 Å². The molecule has 1 heterocycles. The second-order valence-electron chi connectivity index (χ2n) is 6.84. The maximum Gasteiger partial charge on any atom is 0.135 e. The van der Waals surface area contributed by atoms with Gasteiger partial charge in [-0.3, -0.25) is 4.98 Å². The second kappa shape index (κ2) is 6.15. The molecule has 0 aliphatic carbocycles. The molecule has 2 rings (SSSR count). The van der Waals surface area contributed by atoms with Gasteiger partial charge in [-0.1, -0.05) is 34.6 Å². The Bertz CT molecular complexity index is 672. The highest BCUT2D eigenvalue weighted by Gasteiger charge is 2.20. The highest BCUT2D eigenvalue weighted by Crippen LogP contribution is 2.34. The van der Waals surface area contributed by atoms with E-state index in [9.17, 15) is 8.78 Å². The Morgan fingerprint density at radius 3 is 2.41 bits per heavy atom. The first-order valence-electron chi connectivity index (χ1n) is 7.70. The summed E-state index contributed by atoms with van der Waals surface area (Å²) in [5.41, 5.74) is 2.70. The number of nitrogens with zero attached hydrogens (tertiary/aromatic N) is 1. The number of benzene rings is 1. The fourth-order valence-electron chi connectivity index (χ4n) is 2.51. The fraction of sp³-hybridized carbons (Fsp3) is 0.421. The van der Waals surface area contributed by atoms with Crippen molar-refractivity contribution in [1.82, 2.24) is 4.98 Å². The van der Waals surface area contributed by atoms with E-state index in [0.29, 0.717) is 16.8 Å². The van der Waals surface area contributed by atoms with E-state index in [0.717, 1.165) is 18.1 Å². The van der Waals surface area contributed by atoms with Gasteiger partial charge in [-0.15, -0.1) is 0 Å². The van der Waals surface area contributed by atoms with Gasteiger partial charge in [-0.2, -0.15) is 0 Å². The summed E-state index contributed by atoms with van der Waals surface area (Å²) in [7, 11) is 0. The molecule has 1 aromatic carbocycles. The highest BCUT2D eigenvalue weighted by molar-refractivity contribution is 5.66. The number of halogens is 2. The van der Waals surface area contributed by atoms with Crippen LogP contribution in [0.25, 0.3) is 11.3 Å². The number of hydrogen-bond donors (Lipinski definition) is 0. The zero-order valence-electron chi connectivity index (χ0n) is 13.9. The first-order chi connectivity index (χ1) is 10.2. The summed E-state index contributed by atoms with van der Waals surface area (Å²) in [6.45, 7) is 10.3. The summed E-state index contributed by atoms with van der Waals surface area (Å²) >= 11 is 0. The van der Waals surface area contributed by atoms with Gasteiger partial charge in [0.1, 0.15) is 11.6 Å². The van der Waals surface area contributed by atoms with Gasteiger partial charge in [0, 0.05) is 17.8 Å². The molecule has 0 bridgehead atoms. The van der Waals surface area contributed by atoms with Crippen LogP contribution >= 0.6 is 0 Å². The minimum absolute atomic E-state index is 0.0509. The van der Waals surface area contributed by atoms with Crippen molar-refractivity contribution >= 4 is 0 Å². The predicted molar refractivity (Wildman–Crippen MR) is 87.0 cm³/mol. The van der Waals surface area contributed by atoms with Crippen LogP contribution in [0.15, 0.2) is 30.5 Å². The maximum absolute atomic E-state index is 14.4. The first kappa shape index (κ1) is 16.6. The standard InChI is InChI=1S/C19H23F2N/c1-6-12(2)15-10-14(20)11-16(21)18(15)17-9-13(7-8-22-17)19(3,4)5/h7-12H,6H2,1-5H3/t12-/m0/s1. The molecule has 2 aromatic rings. The van der Waals surface area contributed by atoms with Gasteiger partial charge >= 0.3 is 0 Å². The smallest absolute Gasteiger partial charge is 0.135 e. The highest BCUT2D eigenvalue weighted by atomic mass is 19.1. The minimum atomic E-state index is -0.547. The van der Waals surface area contributed by atoms with Gasteiger partial charge in [0.2, 0.25) is 0 Å². The van der Waals surface area contributed by atoms with Gasteiger partial charge in [-0.25, -0.2) is 8.78 Å². The van der Waals surface area contributed by atoms with Gasteiger partial charge in [0.25, 0.3) is 0 Å². The molecule has 1 atom stereocenters. The molecule has 0 aliphatic rings. The zero-order chi connectivity index (χ0) is 16.5. The summed E-state index contributed by atoms with van der Waals surface area (Å²) in [5.74, 6) is -1.02. The summed E-state index contributed by atoms with van der Waals surface area (Å²) in [6.07, 6.45) is 2.51. The molecule has 0 N–H and O–H groups in total. The van der Waals surface area contributed by atoms with Crippen molar-refractivity contribution in [3.8, 4) is 11.3 Å². The van der Waals surface area contributed by atoms with E-state index in [2.05, 4.69) is 25.8 Å². The van der Waals surface area contributed by atoms with Crippen LogP contribution in [0.4, 0.5) is 8.78 Å². The lowest BCUT2D eigenvalue weighted by molar-refractivity contribution is 0.575. The van der Waals surface area contributed by atoms with E-state index >= 15 is 0 Å². The molecule has 0 unspecified atom stereocenters. The van der Waals surface area contributed by atoms with Crippen LogP contribution in [0, 0.1) is 11.6 Å². The lowest BCUT2D eigenvalue weighted by atomic mass is 9.85. The molecule has 0 amide bonds. The van der Waals surface area contributed by atoms with Crippen LogP contribution in [0.5, 0.6) is 0 Å². The molecular weight excluding hydrogens is 280 g/mol. The summed E-state index contributed by atoms with van der Waals surface area (Å²) in [4.78, 5) is 4.33. The summed E-state index contributed by atoms with van der Waals surface area (Å²) in [6, 6.07) is 6.21. The summed E-state index contributed by atoms with van der Waals surface area (Å²) in [5, 5.41) is 0. The van der Waals surface area contributed by atoms with Crippen LogP contribution in [-0.2, 0) is 5.41 Å². The van der Waals surface area contributed by atoms with Crippen molar-refractivity contribution in [2.45, 2.75) is 52.4 Å². The summed E-state index contributed by atoms with van der Waals surface area (Å²) < 4.78 is 28.1. The third-order valence-corrected chi connectivity index (χ3v) is 4.11. The molecule has 0 saturated heterocycles. The molecule has 0 spiro atoms. The van der Waals surface area contributed by atoms with E-state index in [-0.39, 0.29) is 11.3 Å². The quantitative estimate of drug-likeness (QED) is 0.694. The van der Waals surface area contributed by atoms with Crippen molar-refractivity contribution in [3.05, 3.63) is 53.2 Å². The molecule has 0 radical (unpaired) electrons. The molecule has 22 heavy (non-hydrogen) atoms. The van der Waals surface area contributed by atoms with Gasteiger partial charge in [-0.05, 0) is 47.1 Å². The number of aromatic nitrogens is 1. The maximum atomic E-state index is 14.4. The van der Waals surface area contributed by atoms with Crippen LogP contribution in [0.3, 0.4) is 0 Å². The molecular formula is C19H23F2N. The molecule has 0 aliphatic heterocycles. The third-order valence-electron chi connectivity index (χ3n) is 4.11. The Labute approximate surface area is 131 Å². The van der Waals surface area contributed by atoms with Crippen LogP contribution < -0.4 is 0 Å². The van der Waals surface area contributed by atoms with Crippen molar-refractivity contribution in [1.29, 1.82) is 0 Å². The number of hydrogen-bond acceptors (Lipinski definition) is 1. The second-order valence-corrected chi connectivity index (χ2v) is 6.84. The Morgan fingerprint density at radius 1 is 1.14 bits per heavy atom. The number of rotatable bonds is 3. The molecule has 1 nitrogen and oxygen atoms in total. The molecule has 1 aromatic heterocycles. The molecule has 0 saturated carbocycles. The van der Waals surface area contributed by atoms with Gasteiger partial charge < -0.3 is 0 Å². The van der Waals surface area contributed by atoms with Crippen molar-refractivity contribution < 1.29 is 8.78 Å². The zero-order valence-corrected chi connectivity index (χ0v) is 13.9. The van der Waals surface area contributed by atoms with Gasteiger partial charge in [0.05, 0.1) is 5.69 Å². The Kier molecular flexibility index (Phi) is 4.64. The minimum Gasteiger partial charge on any atom is -0.256 e.